The maximum absolute atomic E-state index is 5.75. The van der Waals surface area contributed by atoms with Gasteiger partial charge in [-0.25, -0.2) is 0 Å². The number of ether oxygens (including phenoxy) is 4. The Morgan fingerprint density at radius 1 is 0.148 bits per heavy atom. The van der Waals surface area contributed by atoms with Crippen molar-refractivity contribution in [3.05, 3.63) is 0 Å². The lowest BCUT2D eigenvalue weighted by molar-refractivity contribution is -0.00248. The lowest BCUT2D eigenvalue weighted by Crippen LogP contribution is -2.12. The van der Waals surface area contributed by atoms with Crippen molar-refractivity contribution in [1.29, 1.82) is 0 Å². The van der Waals surface area contributed by atoms with Gasteiger partial charge in [0, 0.05) is 13.2 Å². The van der Waals surface area contributed by atoms with Crippen molar-refractivity contribution in [2.24, 2.45) is 0 Å². The molecule has 4 heteroatoms. The van der Waals surface area contributed by atoms with E-state index >= 15 is 0 Å². The zero-order valence-electron chi connectivity index (χ0n) is 37.6. The van der Waals surface area contributed by atoms with Crippen molar-refractivity contribution in [2.45, 2.75) is 271 Å². The number of hydrogen-bond donors (Lipinski definition) is 0. The Hall–Kier alpha value is -0.160. The fourth-order valence-corrected chi connectivity index (χ4v) is 7.68. The molecule has 0 unspecified atom stereocenters. The summed E-state index contributed by atoms with van der Waals surface area (Å²) in [4.78, 5) is 0. The Labute approximate surface area is 341 Å². The van der Waals surface area contributed by atoms with Gasteiger partial charge in [-0.1, -0.05) is 258 Å². The van der Waals surface area contributed by atoms with Gasteiger partial charge in [0.25, 0.3) is 0 Å². The van der Waals surface area contributed by atoms with Gasteiger partial charge in [0.1, 0.15) is 0 Å². The molecule has 0 aliphatic carbocycles. The van der Waals surface area contributed by atoms with Gasteiger partial charge in [-0.05, 0) is 12.8 Å². The third kappa shape index (κ3) is 51.8. The molecule has 0 bridgehead atoms. The van der Waals surface area contributed by atoms with Gasteiger partial charge < -0.3 is 18.9 Å². The summed E-state index contributed by atoms with van der Waals surface area (Å²) in [6, 6.07) is 0. The van der Waals surface area contributed by atoms with E-state index in [1.54, 1.807) is 0 Å². The highest BCUT2D eigenvalue weighted by Crippen LogP contribution is 2.16. The normalized spacial score (nSPS) is 11.7. The number of hydrogen-bond acceptors (Lipinski definition) is 4. The van der Waals surface area contributed by atoms with Crippen LogP contribution in [0.3, 0.4) is 0 Å². The first-order valence-corrected chi connectivity index (χ1v) is 25.2. The summed E-state index contributed by atoms with van der Waals surface area (Å²) >= 11 is 0. The molecule has 4 nitrogen and oxygen atoms in total. The summed E-state index contributed by atoms with van der Waals surface area (Å²) in [5.41, 5.74) is 0. The Bertz CT molecular complexity index is 561. The highest BCUT2D eigenvalue weighted by atomic mass is 16.6. The average Bonchev–Trinajstić information content (AvgIpc) is 3.18. The summed E-state index contributed by atoms with van der Waals surface area (Å²) in [5.74, 6) is 0. The Morgan fingerprint density at radius 3 is 0.444 bits per heavy atom. The molecule has 0 aromatic rings. The molecule has 0 aromatic heterocycles. The van der Waals surface area contributed by atoms with Gasteiger partial charge >= 0.3 is 0 Å². The molecule has 0 aliphatic heterocycles. The van der Waals surface area contributed by atoms with E-state index in [2.05, 4.69) is 13.8 Å². The topological polar surface area (TPSA) is 36.9 Å². The summed E-state index contributed by atoms with van der Waals surface area (Å²) in [7, 11) is 0. The molecule has 0 heterocycles. The van der Waals surface area contributed by atoms with Crippen molar-refractivity contribution in [3.63, 3.8) is 0 Å². The van der Waals surface area contributed by atoms with E-state index in [0.717, 1.165) is 13.2 Å². The third-order valence-corrected chi connectivity index (χ3v) is 11.4. The molecule has 0 N–H and O–H groups in total. The van der Waals surface area contributed by atoms with Gasteiger partial charge in [0.15, 0.2) is 0 Å². The predicted molar refractivity (Wildman–Crippen MR) is 239 cm³/mol. The zero-order valence-corrected chi connectivity index (χ0v) is 37.6. The molecule has 0 saturated heterocycles. The molecule has 0 saturated carbocycles. The van der Waals surface area contributed by atoms with E-state index in [9.17, 15) is 0 Å². The number of unbranched alkanes of at least 4 members (excludes halogenated alkanes) is 38. The van der Waals surface area contributed by atoms with Gasteiger partial charge in [0.05, 0.1) is 39.6 Å². The van der Waals surface area contributed by atoms with Gasteiger partial charge in [-0.15, -0.1) is 0 Å². The van der Waals surface area contributed by atoms with Crippen molar-refractivity contribution in [2.75, 3.05) is 52.9 Å². The first kappa shape index (κ1) is 53.8. The lowest BCUT2D eigenvalue weighted by atomic mass is 10.0. The van der Waals surface area contributed by atoms with E-state index in [1.807, 2.05) is 0 Å². The van der Waals surface area contributed by atoms with Crippen LogP contribution in [0.2, 0.25) is 0 Å². The standard InChI is InChI=1S/C50H102O4/c1-3-5-7-9-11-13-15-17-19-21-23-25-27-29-31-33-35-37-39-41-43-51-45-47-53-49-50-54-48-46-52-44-42-40-38-36-34-32-30-28-26-24-22-20-18-16-14-12-10-8-6-4-2/h3-50H2,1-2H3. The molecule has 0 amide bonds. The molecule has 0 aromatic carbocycles. The van der Waals surface area contributed by atoms with E-state index in [4.69, 9.17) is 18.9 Å². The highest BCUT2D eigenvalue weighted by molar-refractivity contribution is 4.53. The molecular weight excluding hydrogens is 665 g/mol. The maximum Gasteiger partial charge on any atom is 0.0701 e. The van der Waals surface area contributed by atoms with Gasteiger partial charge in [-0.2, -0.15) is 0 Å². The predicted octanol–water partition coefficient (Wildman–Crippen LogP) is 16.7. The largest absolute Gasteiger partial charge is 0.379 e. The molecule has 0 radical (unpaired) electrons. The average molecular weight is 767 g/mol. The smallest absolute Gasteiger partial charge is 0.0701 e. The number of rotatable bonds is 51. The second-order valence-corrected chi connectivity index (χ2v) is 16.9. The molecule has 326 valence electrons. The molecule has 54 heavy (non-hydrogen) atoms. The summed E-state index contributed by atoms with van der Waals surface area (Å²) in [5, 5.41) is 0. The Morgan fingerprint density at radius 2 is 0.278 bits per heavy atom. The minimum absolute atomic E-state index is 0.641. The first-order valence-electron chi connectivity index (χ1n) is 25.2. The Kier molecular flexibility index (Phi) is 52.7. The second-order valence-electron chi connectivity index (χ2n) is 16.9. The van der Waals surface area contributed by atoms with Crippen LogP contribution in [0.5, 0.6) is 0 Å². The molecule has 0 rings (SSSR count). The van der Waals surface area contributed by atoms with Gasteiger partial charge in [0.2, 0.25) is 0 Å². The minimum atomic E-state index is 0.641. The van der Waals surface area contributed by atoms with Crippen molar-refractivity contribution in [1.82, 2.24) is 0 Å². The monoisotopic (exact) mass is 767 g/mol. The van der Waals surface area contributed by atoms with Crippen LogP contribution in [0.15, 0.2) is 0 Å². The SMILES string of the molecule is CCCCCCCCCCCCCCCCCCCCCCOCCOCCOCCOCCCCCCCCCCCCCCCCCCCCCC. The zero-order chi connectivity index (χ0) is 38.8. The highest BCUT2D eigenvalue weighted by Gasteiger charge is 1.99. The van der Waals surface area contributed by atoms with Crippen LogP contribution in [-0.2, 0) is 18.9 Å². The lowest BCUT2D eigenvalue weighted by Gasteiger charge is -2.08. The van der Waals surface area contributed by atoms with Crippen LogP contribution in [0.4, 0.5) is 0 Å². The fraction of sp³-hybridized carbons (Fsp3) is 1.00. The molecule has 0 spiro atoms. The van der Waals surface area contributed by atoms with E-state index < -0.39 is 0 Å². The second kappa shape index (κ2) is 52.8. The van der Waals surface area contributed by atoms with Crippen LogP contribution < -0.4 is 0 Å². The summed E-state index contributed by atoms with van der Waals surface area (Å²) in [6.07, 6.45) is 56.9. The van der Waals surface area contributed by atoms with E-state index in [-0.39, 0.29) is 0 Å². The first-order chi connectivity index (χ1) is 26.9. The minimum Gasteiger partial charge on any atom is -0.379 e. The molecule has 0 atom stereocenters. The Balaban J connectivity index is 3.05. The summed E-state index contributed by atoms with van der Waals surface area (Å²) < 4.78 is 22.8. The third-order valence-electron chi connectivity index (χ3n) is 11.4. The maximum atomic E-state index is 5.75. The molecule has 0 fully saturated rings. The van der Waals surface area contributed by atoms with Crippen LogP contribution in [-0.4, -0.2) is 52.9 Å². The van der Waals surface area contributed by atoms with Crippen LogP contribution in [0.1, 0.15) is 271 Å². The van der Waals surface area contributed by atoms with Crippen LogP contribution >= 0.6 is 0 Å². The van der Waals surface area contributed by atoms with E-state index in [1.165, 1.54) is 257 Å². The molecular formula is C50H102O4. The quantitative estimate of drug-likeness (QED) is 0.0578. The van der Waals surface area contributed by atoms with Crippen LogP contribution in [0.25, 0.3) is 0 Å². The van der Waals surface area contributed by atoms with Gasteiger partial charge in [-0.3, -0.25) is 0 Å². The fourth-order valence-electron chi connectivity index (χ4n) is 7.68. The van der Waals surface area contributed by atoms with E-state index in [0.29, 0.717) is 39.6 Å². The van der Waals surface area contributed by atoms with Crippen molar-refractivity contribution < 1.29 is 18.9 Å². The van der Waals surface area contributed by atoms with Crippen LogP contribution in [0, 0.1) is 0 Å². The summed E-state index contributed by atoms with van der Waals surface area (Å²) in [6.45, 7) is 10.3. The molecule has 0 aliphatic rings. The van der Waals surface area contributed by atoms with Crippen molar-refractivity contribution >= 4 is 0 Å². The van der Waals surface area contributed by atoms with Crippen molar-refractivity contribution in [3.8, 4) is 0 Å².